The number of ether oxygens (including phenoxy) is 2. The van der Waals surface area contributed by atoms with Crippen LogP contribution in [-0.2, 0) is 25.7 Å². The van der Waals surface area contributed by atoms with Gasteiger partial charge in [-0.2, -0.15) is 0 Å². The molecule has 5 nitrogen and oxygen atoms in total. The molecule has 18 heavy (non-hydrogen) atoms. The lowest BCUT2D eigenvalue weighted by atomic mass is 9.96. The fourth-order valence-corrected chi connectivity index (χ4v) is 1.87. The number of esters is 1. The highest BCUT2D eigenvalue weighted by molar-refractivity contribution is 5.81. The second-order valence-electron chi connectivity index (χ2n) is 4.18. The molecule has 0 radical (unpaired) electrons. The molecule has 0 saturated carbocycles. The summed E-state index contributed by atoms with van der Waals surface area (Å²) in [6.45, 7) is 0.341. The number of carboxylic acids is 1. The van der Waals surface area contributed by atoms with Crippen molar-refractivity contribution in [2.75, 3.05) is 13.2 Å². The van der Waals surface area contributed by atoms with Crippen LogP contribution in [0.3, 0.4) is 0 Å². The number of aliphatic carboxylic acids is 1. The van der Waals surface area contributed by atoms with Gasteiger partial charge in [0.15, 0.2) is 0 Å². The second kappa shape index (κ2) is 5.64. The number of rotatable bonds is 4. The second-order valence-corrected chi connectivity index (χ2v) is 4.18. The van der Waals surface area contributed by atoms with Crippen LogP contribution in [0.1, 0.15) is 5.56 Å². The quantitative estimate of drug-likeness (QED) is 0.809. The van der Waals surface area contributed by atoms with Crippen LogP contribution in [-0.4, -0.2) is 30.3 Å². The molecule has 0 spiro atoms. The van der Waals surface area contributed by atoms with Gasteiger partial charge in [0, 0.05) is 0 Å². The monoisotopic (exact) mass is 250 g/mol. The molecular formula is C13H14O5. The number of carbonyl (C=O) groups excluding carboxylic acids is 1. The van der Waals surface area contributed by atoms with E-state index in [0.29, 0.717) is 0 Å². The van der Waals surface area contributed by atoms with Gasteiger partial charge in [-0.3, -0.25) is 9.59 Å². The highest BCUT2D eigenvalue weighted by Crippen LogP contribution is 2.22. The minimum Gasteiger partial charge on any atom is -0.481 e. The average Bonchev–Trinajstić information content (AvgIpc) is 2.86. The Labute approximate surface area is 104 Å². The van der Waals surface area contributed by atoms with Gasteiger partial charge >= 0.3 is 11.9 Å². The van der Waals surface area contributed by atoms with E-state index in [9.17, 15) is 9.59 Å². The molecule has 0 unspecified atom stereocenters. The summed E-state index contributed by atoms with van der Waals surface area (Å²) in [7, 11) is 0. The Morgan fingerprint density at radius 2 is 1.89 bits per heavy atom. The van der Waals surface area contributed by atoms with Crippen molar-refractivity contribution in [3.8, 4) is 0 Å². The first-order valence-corrected chi connectivity index (χ1v) is 5.69. The Morgan fingerprint density at radius 1 is 1.22 bits per heavy atom. The predicted octanol–water partition coefficient (Wildman–Crippen LogP) is 1.08. The zero-order valence-corrected chi connectivity index (χ0v) is 9.74. The summed E-state index contributed by atoms with van der Waals surface area (Å²) in [5.41, 5.74) is 0.872. The first-order valence-electron chi connectivity index (χ1n) is 5.69. The van der Waals surface area contributed by atoms with E-state index in [4.69, 9.17) is 14.6 Å². The summed E-state index contributed by atoms with van der Waals surface area (Å²) in [4.78, 5) is 22.7. The lowest BCUT2D eigenvalue weighted by Crippen LogP contribution is -2.29. The van der Waals surface area contributed by atoms with Gasteiger partial charge in [-0.25, -0.2) is 0 Å². The first-order chi connectivity index (χ1) is 8.68. The molecule has 1 saturated heterocycles. The van der Waals surface area contributed by atoms with Crippen LogP contribution in [0.5, 0.6) is 0 Å². The van der Waals surface area contributed by atoms with Gasteiger partial charge in [-0.1, -0.05) is 30.3 Å². The topological polar surface area (TPSA) is 72.8 Å². The minimum atomic E-state index is -1.02. The molecule has 1 heterocycles. The summed E-state index contributed by atoms with van der Waals surface area (Å²) >= 11 is 0. The lowest BCUT2D eigenvalue weighted by molar-refractivity contribution is -0.156. The van der Waals surface area contributed by atoms with E-state index in [0.717, 1.165) is 5.56 Å². The summed E-state index contributed by atoms with van der Waals surface area (Å²) in [6.07, 6.45) is 0. The fraction of sp³-hybridized carbons (Fsp3) is 0.385. The third-order valence-corrected chi connectivity index (χ3v) is 2.92. The van der Waals surface area contributed by atoms with Gasteiger partial charge in [0.25, 0.3) is 0 Å². The summed E-state index contributed by atoms with van der Waals surface area (Å²) in [5, 5.41) is 8.93. The molecular weight excluding hydrogens is 236 g/mol. The number of benzene rings is 1. The zero-order valence-electron chi connectivity index (χ0n) is 9.74. The van der Waals surface area contributed by atoms with E-state index in [-0.39, 0.29) is 19.8 Å². The molecule has 0 bridgehead atoms. The van der Waals surface area contributed by atoms with Crippen molar-refractivity contribution in [1.82, 2.24) is 0 Å². The normalized spacial score (nSPS) is 22.7. The maximum atomic E-state index is 11.8. The number of hydrogen-bond donors (Lipinski definition) is 1. The van der Waals surface area contributed by atoms with Crippen molar-refractivity contribution < 1.29 is 24.2 Å². The van der Waals surface area contributed by atoms with Crippen LogP contribution in [0.25, 0.3) is 0 Å². The van der Waals surface area contributed by atoms with E-state index in [1.165, 1.54) is 0 Å². The van der Waals surface area contributed by atoms with E-state index in [1.807, 2.05) is 30.3 Å². The van der Waals surface area contributed by atoms with Crippen molar-refractivity contribution in [3.05, 3.63) is 35.9 Å². The SMILES string of the molecule is O=C(OCc1ccccc1)[C@H]1COC[C@H]1C(=O)O. The third kappa shape index (κ3) is 2.87. The predicted molar refractivity (Wildman–Crippen MR) is 61.7 cm³/mol. The summed E-state index contributed by atoms with van der Waals surface area (Å²) in [5.74, 6) is -3.03. The molecule has 1 aromatic carbocycles. The molecule has 2 rings (SSSR count). The number of carbonyl (C=O) groups is 2. The fourth-order valence-electron chi connectivity index (χ4n) is 1.87. The van der Waals surface area contributed by atoms with Gasteiger partial charge in [0.2, 0.25) is 0 Å². The Kier molecular flexibility index (Phi) is 3.94. The van der Waals surface area contributed by atoms with Crippen LogP contribution in [0, 0.1) is 11.8 Å². The van der Waals surface area contributed by atoms with Gasteiger partial charge < -0.3 is 14.6 Å². The van der Waals surface area contributed by atoms with Gasteiger partial charge in [-0.15, -0.1) is 0 Å². The average molecular weight is 250 g/mol. The van der Waals surface area contributed by atoms with Crippen LogP contribution < -0.4 is 0 Å². The smallest absolute Gasteiger partial charge is 0.312 e. The Bertz CT molecular complexity index is 428. The highest BCUT2D eigenvalue weighted by atomic mass is 16.5. The van der Waals surface area contributed by atoms with Gasteiger partial charge in [0.1, 0.15) is 6.61 Å². The van der Waals surface area contributed by atoms with Crippen LogP contribution in [0.15, 0.2) is 30.3 Å². The van der Waals surface area contributed by atoms with Crippen molar-refractivity contribution >= 4 is 11.9 Å². The first kappa shape index (κ1) is 12.6. The van der Waals surface area contributed by atoms with Crippen LogP contribution >= 0.6 is 0 Å². The van der Waals surface area contributed by atoms with Crippen LogP contribution in [0.4, 0.5) is 0 Å². The Hall–Kier alpha value is -1.88. The molecule has 1 aliphatic rings. The molecule has 0 amide bonds. The van der Waals surface area contributed by atoms with Gasteiger partial charge in [-0.05, 0) is 5.56 Å². The van der Waals surface area contributed by atoms with Crippen molar-refractivity contribution in [2.24, 2.45) is 11.8 Å². The van der Waals surface area contributed by atoms with Gasteiger partial charge in [0.05, 0.1) is 25.0 Å². The van der Waals surface area contributed by atoms with Crippen LogP contribution in [0.2, 0.25) is 0 Å². The molecule has 0 aliphatic carbocycles. The lowest BCUT2D eigenvalue weighted by Gasteiger charge is -2.12. The maximum Gasteiger partial charge on any atom is 0.312 e. The highest BCUT2D eigenvalue weighted by Gasteiger charge is 2.40. The number of hydrogen-bond acceptors (Lipinski definition) is 4. The third-order valence-electron chi connectivity index (χ3n) is 2.92. The molecule has 1 N–H and O–H groups in total. The standard InChI is InChI=1S/C13H14O5/c14-12(15)10-7-17-8-11(10)13(16)18-6-9-4-2-1-3-5-9/h1-5,10-11H,6-8H2,(H,14,15)/t10-,11+/m1/s1. The Balaban J connectivity index is 1.90. The zero-order chi connectivity index (χ0) is 13.0. The molecule has 1 aromatic rings. The van der Waals surface area contributed by atoms with E-state index in [2.05, 4.69) is 0 Å². The largest absolute Gasteiger partial charge is 0.481 e. The van der Waals surface area contributed by atoms with Crippen molar-refractivity contribution in [2.45, 2.75) is 6.61 Å². The van der Waals surface area contributed by atoms with E-state index in [1.54, 1.807) is 0 Å². The Morgan fingerprint density at radius 3 is 2.56 bits per heavy atom. The van der Waals surface area contributed by atoms with Crippen molar-refractivity contribution in [3.63, 3.8) is 0 Å². The maximum absolute atomic E-state index is 11.8. The molecule has 96 valence electrons. The number of carboxylic acid groups (broad SMARTS) is 1. The van der Waals surface area contributed by atoms with E-state index >= 15 is 0 Å². The molecule has 2 atom stereocenters. The molecule has 0 aromatic heterocycles. The molecule has 1 fully saturated rings. The molecule has 5 heteroatoms. The summed E-state index contributed by atoms with van der Waals surface area (Å²) < 4.78 is 10.1. The summed E-state index contributed by atoms with van der Waals surface area (Å²) in [6, 6.07) is 9.25. The molecule has 1 aliphatic heterocycles. The minimum absolute atomic E-state index is 0.0699. The van der Waals surface area contributed by atoms with E-state index < -0.39 is 23.8 Å². The van der Waals surface area contributed by atoms with Crippen molar-refractivity contribution in [1.29, 1.82) is 0 Å².